The van der Waals surface area contributed by atoms with Crippen LogP contribution in [-0.2, 0) is 19.9 Å². The van der Waals surface area contributed by atoms with Gasteiger partial charge in [-0.25, -0.2) is 0 Å². The molecule has 13 heavy (non-hydrogen) atoms. The molecule has 0 spiro atoms. The molecule has 0 atom stereocenters. The standard InChI is InChI=1S/C8H13BN2O2/c1-11-8(9(12)13)6-4-2-3-5-7(6)10-11/h12-13H,2-5H2,1H3. The summed E-state index contributed by atoms with van der Waals surface area (Å²) in [6, 6.07) is 0. The normalized spacial score (nSPS) is 15.6. The number of nitrogens with zero attached hydrogens (tertiary/aromatic N) is 2. The molecule has 1 heterocycles. The molecule has 0 fully saturated rings. The molecule has 0 unspecified atom stereocenters. The van der Waals surface area contributed by atoms with Gasteiger partial charge in [-0.05, 0) is 31.2 Å². The van der Waals surface area contributed by atoms with E-state index in [4.69, 9.17) is 10.0 Å². The molecule has 0 bridgehead atoms. The Morgan fingerprint density at radius 2 is 2.00 bits per heavy atom. The summed E-state index contributed by atoms with van der Waals surface area (Å²) in [7, 11) is 0.368. The van der Waals surface area contributed by atoms with Gasteiger partial charge in [-0.2, -0.15) is 5.10 Å². The topological polar surface area (TPSA) is 58.3 Å². The Hall–Kier alpha value is -0.805. The van der Waals surface area contributed by atoms with Crippen LogP contribution < -0.4 is 5.59 Å². The van der Waals surface area contributed by atoms with Crippen molar-refractivity contribution < 1.29 is 10.0 Å². The smallest absolute Gasteiger partial charge is 0.422 e. The van der Waals surface area contributed by atoms with E-state index in [1.165, 1.54) is 0 Å². The highest BCUT2D eigenvalue weighted by Gasteiger charge is 2.26. The quantitative estimate of drug-likeness (QED) is 0.543. The van der Waals surface area contributed by atoms with Crippen LogP contribution in [0.3, 0.4) is 0 Å². The molecule has 1 aliphatic carbocycles. The molecule has 0 radical (unpaired) electrons. The molecule has 5 heteroatoms. The Kier molecular flexibility index (Phi) is 2.13. The van der Waals surface area contributed by atoms with Gasteiger partial charge in [0, 0.05) is 7.05 Å². The first-order valence-electron chi connectivity index (χ1n) is 4.61. The molecule has 1 aromatic heterocycles. The van der Waals surface area contributed by atoms with E-state index in [0.717, 1.165) is 36.9 Å². The molecule has 2 rings (SSSR count). The summed E-state index contributed by atoms with van der Waals surface area (Å²) >= 11 is 0. The highest BCUT2D eigenvalue weighted by Crippen LogP contribution is 2.17. The second-order valence-electron chi connectivity index (χ2n) is 3.51. The first-order chi connectivity index (χ1) is 6.20. The van der Waals surface area contributed by atoms with Gasteiger partial charge in [-0.3, -0.25) is 4.68 Å². The fraction of sp³-hybridized carbons (Fsp3) is 0.625. The molecule has 0 saturated heterocycles. The summed E-state index contributed by atoms with van der Waals surface area (Å²) in [5, 5.41) is 22.6. The van der Waals surface area contributed by atoms with Gasteiger partial charge in [-0.1, -0.05) is 0 Å². The summed E-state index contributed by atoms with van der Waals surface area (Å²) in [6.45, 7) is 0. The van der Waals surface area contributed by atoms with Gasteiger partial charge in [0.2, 0.25) is 0 Å². The minimum Gasteiger partial charge on any atom is -0.422 e. The molecule has 0 aliphatic heterocycles. The Morgan fingerprint density at radius 3 is 2.69 bits per heavy atom. The fourth-order valence-electron chi connectivity index (χ4n) is 2.03. The monoisotopic (exact) mass is 180 g/mol. The third-order valence-corrected chi connectivity index (χ3v) is 2.61. The molecule has 2 N–H and O–H groups in total. The molecule has 4 nitrogen and oxygen atoms in total. The van der Waals surface area contributed by atoms with E-state index in [0.29, 0.717) is 5.59 Å². The van der Waals surface area contributed by atoms with Crippen LogP contribution in [0.1, 0.15) is 24.1 Å². The van der Waals surface area contributed by atoms with E-state index in [2.05, 4.69) is 5.10 Å². The lowest BCUT2D eigenvalue weighted by Gasteiger charge is -2.10. The SMILES string of the molecule is Cn1nc2c(c1B(O)O)CCCC2. The summed E-state index contributed by atoms with van der Waals surface area (Å²) < 4.78 is 1.58. The zero-order valence-electron chi connectivity index (χ0n) is 7.69. The molecule has 0 saturated carbocycles. The number of aryl methyl sites for hydroxylation is 2. The van der Waals surface area contributed by atoms with Gasteiger partial charge in [0.25, 0.3) is 0 Å². The number of aromatic nitrogens is 2. The van der Waals surface area contributed by atoms with Crippen LogP contribution in [0.5, 0.6) is 0 Å². The van der Waals surface area contributed by atoms with Crippen LogP contribution in [0.25, 0.3) is 0 Å². The average Bonchev–Trinajstić information content (AvgIpc) is 2.39. The van der Waals surface area contributed by atoms with Crippen LogP contribution >= 0.6 is 0 Å². The highest BCUT2D eigenvalue weighted by atomic mass is 16.4. The van der Waals surface area contributed by atoms with Crippen LogP contribution in [0.2, 0.25) is 0 Å². The third kappa shape index (κ3) is 1.38. The van der Waals surface area contributed by atoms with Crippen LogP contribution in [0, 0.1) is 0 Å². The van der Waals surface area contributed by atoms with Gasteiger partial charge >= 0.3 is 7.12 Å². The number of hydrogen-bond donors (Lipinski definition) is 2. The van der Waals surface area contributed by atoms with Crippen molar-refractivity contribution in [3.05, 3.63) is 11.3 Å². The fourth-order valence-corrected chi connectivity index (χ4v) is 2.03. The van der Waals surface area contributed by atoms with Crippen molar-refractivity contribution in [3.63, 3.8) is 0 Å². The zero-order valence-corrected chi connectivity index (χ0v) is 7.69. The van der Waals surface area contributed by atoms with Crippen molar-refractivity contribution in [2.45, 2.75) is 25.7 Å². The maximum Gasteiger partial charge on any atom is 0.508 e. The third-order valence-electron chi connectivity index (χ3n) is 2.61. The van der Waals surface area contributed by atoms with E-state index >= 15 is 0 Å². The van der Waals surface area contributed by atoms with E-state index in [-0.39, 0.29) is 0 Å². The predicted molar refractivity (Wildman–Crippen MR) is 49.7 cm³/mol. The molecule has 0 amide bonds. The van der Waals surface area contributed by atoms with Crippen molar-refractivity contribution in [2.75, 3.05) is 0 Å². The molecular weight excluding hydrogens is 167 g/mol. The van der Waals surface area contributed by atoms with Crippen LogP contribution in [-0.4, -0.2) is 26.9 Å². The Bertz CT molecular complexity index is 322. The van der Waals surface area contributed by atoms with Crippen molar-refractivity contribution in [1.82, 2.24) is 9.78 Å². The largest absolute Gasteiger partial charge is 0.508 e. The summed E-state index contributed by atoms with van der Waals surface area (Å²) in [5.74, 6) is 0. The van der Waals surface area contributed by atoms with Crippen molar-refractivity contribution in [3.8, 4) is 0 Å². The van der Waals surface area contributed by atoms with E-state index in [1.54, 1.807) is 11.7 Å². The minimum absolute atomic E-state index is 0.565. The second-order valence-corrected chi connectivity index (χ2v) is 3.51. The molecular formula is C8H13BN2O2. The average molecular weight is 180 g/mol. The van der Waals surface area contributed by atoms with Gasteiger partial charge in [0.15, 0.2) is 0 Å². The van der Waals surface area contributed by atoms with Crippen LogP contribution in [0.15, 0.2) is 0 Å². The molecule has 0 aromatic carbocycles. The Morgan fingerprint density at radius 1 is 1.31 bits per heavy atom. The Balaban J connectivity index is 2.48. The first kappa shape index (κ1) is 8.78. The molecule has 70 valence electrons. The number of hydrogen-bond acceptors (Lipinski definition) is 3. The van der Waals surface area contributed by atoms with Gasteiger partial charge < -0.3 is 10.0 Å². The maximum atomic E-state index is 9.14. The van der Waals surface area contributed by atoms with Crippen molar-refractivity contribution in [2.24, 2.45) is 7.05 Å². The second kappa shape index (κ2) is 3.16. The van der Waals surface area contributed by atoms with E-state index in [1.807, 2.05) is 0 Å². The Labute approximate surface area is 77.3 Å². The van der Waals surface area contributed by atoms with Crippen LogP contribution in [0.4, 0.5) is 0 Å². The number of rotatable bonds is 1. The van der Waals surface area contributed by atoms with Gasteiger partial charge in [-0.15, -0.1) is 0 Å². The first-order valence-corrected chi connectivity index (χ1v) is 4.61. The minimum atomic E-state index is -1.39. The molecule has 1 aromatic rings. The highest BCUT2D eigenvalue weighted by molar-refractivity contribution is 6.58. The van der Waals surface area contributed by atoms with Crippen molar-refractivity contribution >= 4 is 12.7 Å². The summed E-state index contributed by atoms with van der Waals surface area (Å²) in [4.78, 5) is 0. The lowest BCUT2D eigenvalue weighted by Crippen LogP contribution is -2.38. The van der Waals surface area contributed by atoms with Crippen molar-refractivity contribution in [1.29, 1.82) is 0 Å². The molecule has 1 aliphatic rings. The predicted octanol–water partition coefficient (Wildman–Crippen LogP) is -1.02. The van der Waals surface area contributed by atoms with Gasteiger partial charge in [0.05, 0.1) is 11.3 Å². The van der Waals surface area contributed by atoms with E-state index in [9.17, 15) is 0 Å². The maximum absolute atomic E-state index is 9.14. The lowest BCUT2D eigenvalue weighted by molar-refractivity contribution is 0.421. The lowest BCUT2D eigenvalue weighted by atomic mass is 9.79. The zero-order chi connectivity index (χ0) is 9.42. The number of fused-ring (bicyclic) bond motifs is 1. The summed E-state index contributed by atoms with van der Waals surface area (Å²) in [6.07, 6.45) is 4.18. The van der Waals surface area contributed by atoms with E-state index < -0.39 is 7.12 Å². The summed E-state index contributed by atoms with van der Waals surface area (Å²) in [5.41, 5.74) is 2.65. The van der Waals surface area contributed by atoms with Gasteiger partial charge in [0.1, 0.15) is 0 Å².